The normalized spacial score (nSPS) is 11.8. The van der Waals surface area contributed by atoms with Crippen molar-refractivity contribution in [3.8, 4) is 0 Å². The van der Waals surface area contributed by atoms with Crippen molar-refractivity contribution < 1.29 is 22.8 Å². The summed E-state index contributed by atoms with van der Waals surface area (Å²) in [5, 5.41) is 5.72. The van der Waals surface area contributed by atoms with Crippen molar-refractivity contribution in [2.75, 3.05) is 5.32 Å². The molecular weight excluding hydrogens is 415 g/mol. The fourth-order valence-electron chi connectivity index (χ4n) is 1.90. The van der Waals surface area contributed by atoms with Crippen molar-refractivity contribution >= 4 is 39.1 Å². The van der Waals surface area contributed by atoms with Crippen molar-refractivity contribution in [3.05, 3.63) is 64.1 Å². The molecule has 0 unspecified atom stereocenters. The van der Waals surface area contributed by atoms with Crippen LogP contribution in [0.15, 0.2) is 58.1 Å². The zero-order valence-corrected chi connectivity index (χ0v) is 15.0. The van der Waals surface area contributed by atoms with Gasteiger partial charge in [-0.05, 0) is 52.7 Å². The standard InChI is InChI=1S/C17H13BrF3N3O2/c1-10(23-24-15(25)13-4-2-3-5-14(13)18)11-6-8-12(9-7-11)22-16(26)17(19,20)21/h2-9H,1H3,(H,22,26)(H,24,25). The number of carbonyl (C=O) groups excluding carboxylic acids is 2. The molecule has 2 aromatic rings. The lowest BCUT2D eigenvalue weighted by Crippen LogP contribution is -2.29. The van der Waals surface area contributed by atoms with Crippen molar-refractivity contribution in [2.45, 2.75) is 13.1 Å². The molecule has 2 amide bonds. The van der Waals surface area contributed by atoms with Gasteiger partial charge in [-0.25, -0.2) is 5.43 Å². The van der Waals surface area contributed by atoms with Crippen LogP contribution in [0.5, 0.6) is 0 Å². The molecule has 2 N–H and O–H groups in total. The van der Waals surface area contributed by atoms with E-state index in [4.69, 9.17) is 0 Å². The highest BCUT2D eigenvalue weighted by Crippen LogP contribution is 2.19. The molecule has 26 heavy (non-hydrogen) atoms. The molecular formula is C17H13BrF3N3O2. The number of hydrogen-bond donors (Lipinski definition) is 2. The number of benzene rings is 2. The zero-order chi connectivity index (χ0) is 19.3. The summed E-state index contributed by atoms with van der Waals surface area (Å²) >= 11 is 3.27. The molecule has 0 aliphatic carbocycles. The lowest BCUT2D eigenvalue weighted by atomic mass is 10.1. The molecule has 0 heterocycles. The Labute approximate surface area is 155 Å². The second-order valence-electron chi connectivity index (χ2n) is 5.15. The van der Waals surface area contributed by atoms with E-state index in [1.807, 2.05) is 0 Å². The summed E-state index contributed by atoms with van der Waals surface area (Å²) in [5.41, 5.74) is 3.83. The number of hydrogen-bond acceptors (Lipinski definition) is 3. The van der Waals surface area contributed by atoms with E-state index >= 15 is 0 Å². The highest BCUT2D eigenvalue weighted by Gasteiger charge is 2.38. The van der Waals surface area contributed by atoms with Gasteiger partial charge in [0.25, 0.3) is 5.91 Å². The molecule has 0 saturated carbocycles. The minimum absolute atomic E-state index is 0.00104. The van der Waals surface area contributed by atoms with Crippen molar-refractivity contribution in [1.82, 2.24) is 5.43 Å². The maximum absolute atomic E-state index is 12.2. The molecule has 136 valence electrons. The Morgan fingerprint density at radius 1 is 1.04 bits per heavy atom. The second kappa shape index (κ2) is 8.13. The van der Waals surface area contributed by atoms with Crippen LogP contribution in [0.2, 0.25) is 0 Å². The average molecular weight is 428 g/mol. The largest absolute Gasteiger partial charge is 0.471 e. The predicted octanol–water partition coefficient (Wildman–Crippen LogP) is 4.10. The van der Waals surface area contributed by atoms with Crippen LogP contribution in [0.1, 0.15) is 22.8 Å². The summed E-state index contributed by atoms with van der Waals surface area (Å²) in [6.45, 7) is 1.63. The van der Waals surface area contributed by atoms with Gasteiger partial charge in [-0.1, -0.05) is 24.3 Å². The zero-order valence-electron chi connectivity index (χ0n) is 13.4. The van der Waals surface area contributed by atoms with Gasteiger partial charge in [-0.3, -0.25) is 9.59 Å². The summed E-state index contributed by atoms with van der Waals surface area (Å²) in [5.74, 6) is -2.46. The summed E-state index contributed by atoms with van der Waals surface area (Å²) in [6, 6.07) is 12.4. The number of rotatable bonds is 4. The number of carbonyl (C=O) groups is 2. The SMILES string of the molecule is CC(=NNC(=O)c1ccccc1Br)c1ccc(NC(=O)C(F)(F)F)cc1. The molecule has 0 aliphatic rings. The van der Waals surface area contributed by atoms with Crippen LogP contribution in [0.25, 0.3) is 0 Å². The maximum Gasteiger partial charge on any atom is 0.471 e. The van der Waals surface area contributed by atoms with E-state index in [-0.39, 0.29) is 5.69 Å². The van der Waals surface area contributed by atoms with E-state index in [0.717, 1.165) is 0 Å². The Balaban J connectivity index is 2.04. The minimum atomic E-state index is -4.95. The minimum Gasteiger partial charge on any atom is -0.318 e. The van der Waals surface area contributed by atoms with Gasteiger partial charge in [0.05, 0.1) is 11.3 Å². The van der Waals surface area contributed by atoms with Gasteiger partial charge >= 0.3 is 12.1 Å². The summed E-state index contributed by atoms with van der Waals surface area (Å²) in [7, 11) is 0. The predicted molar refractivity (Wildman–Crippen MR) is 94.9 cm³/mol. The molecule has 2 aromatic carbocycles. The molecule has 2 rings (SSSR count). The molecule has 0 spiro atoms. The Morgan fingerprint density at radius 3 is 2.23 bits per heavy atom. The van der Waals surface area contributed by atoms with Crippen molar-refractivity contribution in [1.29, 1.82) is 0 Å². The second-order valence-corrected chi connectivity index (χ2v) is 6.00. The van der Waals surface area contributed by atoms with Crippen LogP contribution < -0.4 is 10.7 Å². The number of hydrazone groups is 1. The molecule has 0 radical (unpaired) electrons. The first-order chi connectivity index (χ1) is 12.2. The van der Waals surface area contributed by atoms with Crippen LogP contribution in [0, 0.1) is 0 Å². The van der Waals surface area contributed by atoms with Crippen molar-refractivity contribution in [3.63, 3.8) is 0 Å². The fraction of sp³-hybridized carbons (Fsp3) is 0.118. The highest BCUT2D eigenvalue weighted by atomic mass is 79.9. The van der Waals surface area contributed by atoms with Gasteiger partial charge in [-0.2, -0.15) is 18.3 Å². The first-order valence-corrected chi connectivity index (χ1v) is 8.05. The van der Waals surface area contributed by atoms with E-state index in [2.05, 4.69) is 26.5 Å². The summed E-state index contributed by atoms with van der Waals surface area (Å²) in [4.78, 5) is 22.9. The molecule has 0 aliphatic heterocycles. The van der Waals surface area contributed by atoms with Crippen molar-refractivity contribution in [2.24, 2.45) is 5.10 Å². The molecule has 0 atom stereocenters. The number of anilines is 1. The highest BCUT2D eigenvalue weighted by molar-refractivity contribution is 9.10. The molecule has 0 aromatic heterocycles. The van der Waals surface area contributed by atoms with Gasteiger partial charge in [0, 0.05) is 10.2 Å². The smallest absolute Gasteiger partial charge is 0.318 e. The molecule has 0 fully saturated rings. The number of alkyl halides is 3. The molecule has 0 bridgehead atoms. The van der Waals surface area contributed by atoms with E-state index in [0.29, 0.717) is 21.3 Å². The van der Waals surface area contributed by atoms with E-state index in [1.54, 1.807) is 36.5 Å². The fourth-order valence-corrected chi connectivity index (χ4v) is 2.37. The lowest BCUT2D eigenvalue weighted by Gasteiger charge is -2.09. The summed E-state index contributed by atoms with van der Waals surface area (Å²) < 4.78 is 37.3. The van der Waals surface area contributed by atoms with Gasteiger partial charge in [0.2, 0.25) is 0 Å². The quantitative estimate of drug-likeness (QED) is 0.569. The lowest BCUT2D eigenvalue weighted by molar-refractivity contribution is -0.167. The monoisotopic (exact) mass is 427 g/mol. The summed E-state index contributed by atoms with van der Waals surface area (Å²) in [6.07, 6.45) is -4.95. The Morgan fingerprint density at radius 2 is 1.65 bits per heavy atom. The third-order valence-electron chi connectivity index (χ3n) is 3.26. The van der Waals surface area contributed by atoms with E-state index in [9.17, 15) is 22.8 Å². The number of nitrogens with zero attached hydrogens (tertiary/aromatic N) is 1. The average Bonchev–Trinajstić information content (AvgIpc) is 2.59. The topological polar surface area (TPSA) is 70.6 Å². The van der Waals surface area contributed by atoms with Gasteiger partial charge < -0.3 is 5.32 Å². The van der Waals surface area contributed by atoms with Crippen LogP contribution in [-0.4, -0.2) is 23.7 Å². The van der Waals surface area contributed by atoms with Crippen LogP contribution in [0.3, 0.4) is 0 Å². The third kappa shape index (κ3) is 5.16. The van der Waals surface area contributed by atoms with E-state index in [1.165, 1.54) is 24.3 Å². The van der Waals surface area contributed by atoms with Gasteiger partial charge in [0.15, 0.2) is 0 Å². The van der Waals surface area contributed by atoms with Crippen LogP contribution in [-0.2, 0) is 4.79 Å². The molecule has 0 saturated heterocycles. The molecule has 5 nitrogen and oxygen atoms in total. The van der Waals surface area contributed by atoms with Crippen LogP contribution in [0.4, 0.5) is 18.9 Å². The van der Waals surface area contributed by atoms with E-state index < -0.39 is 18.0 Å². The first kappa shape index (κ1) is 19.6. The first-order valence-electron chi connectivity index (χ1n) is 7.26. The third-order valence-corrected chi connectivity index (χ3v) is 3.95. The Hall–Kier alpha value is -2.68. The number of amides is 2. The maximum atomic E-state index is 12.2. The number of nitrogens with one attached hydrogen (secondary N) is 2. The van der Waals surface area contributed by atoms with Gasteiger partial charge in [0.1, 0.15) is 0 Å². The Kier molecular flexibility index (Phi) is 6.14. The van der Waals surface area contributed by atoms with Gasteiger partial charge in [-0.15, -0.1) is 0 Å². The Bertz CT molecular complexity index is 849. The number of halogens is 4. The van der Waals surface area contributed by atoms with Crippen LogP contribution >= 0.6 is 15.9 Å². The molecule has 9 heteroatoms.